The minimum Gasteiger partial charge on any atom is -0.328 e. The number of nitrogens with zero attached hydrogens (tertiary/aromatic N) is 1. The molecule has 3 heteroatoms. The number of carbonyl (C=O) groups excluding carboxylic acids is 1. The van der Waals surface area contributed by atoms with Gasteiger partial charge in [-0.2, -0.15) is 0 Å². The monoisotopic (exact) mass is 280 g/mol. The quantitative estimate of drug-likeness (QED) is 0.736. The summed E-state index contributed by atoms with van der Waals surface area (Å²) < 4.78 is 0. The van der Waals surface area contributed by atoms with Gasteiger partial charge in [0, 0.05) is 23.2 Å². The summed E-state index contributed by atoms with van der Waals surface area (Å²) >= 11 is 0. The summed E-state index contributed by atoms with van der Waals surface area (Å²) in [6.45, 7) is 21.0. The van der Waals surface area contributed by atoms with Crippen molar-refractivity contribution >= 4 is 5.91 Å². The zero-order valence-electron chi connectivity index (χ0n) is 14.8. The molecule has 0 aliphatic carbocycles. The summed E-state index contributed by atoms with van der Waals surface area (Å²) in [5, 5.41) is 3.18. The van der Waals surface area contributed by atoms with Crippen molar-refractivity contribution in [3.05, 3.63) is 11.3 Å². The highest BCUT2D eigenvalue weighted by Crippen LogP contribution is 2.37. The smallest absolute Gasteiger partial charge is 0.238 e. The maximum Gasteiger partial charge on any atom is 0.238 e. The maximum atomic E-state index is 12.3. The van der Waals surface area contributed by atoms with Crippen molar-refractivity contribution in [3.63, 3.8) is 0 Å². The van der Waals surface area contributed by atoms with E-state index in [0.717, 1.165) is 12.2 Å². The van der Waals surface area contributed by atoms with Crippen LogP contribution in [0.5, 0.6) is 0 Å². The molecule has 1 aliphatic rings. The van der Waals surface area contributed by atoms with Gasteiger partial charge in [0.25, 0.3) is 0 Å². The molecule has 20 heavy (non-hydrogen) atoms. The van der Waals surface area contributed by atoms with Crippen molar-refractivity contribution in [2.45, 2.75) is 67.9 Å². The van der Waals surface area contributed by atoms with Gasteiger partial charge in [0.1, 0.15) is 0 Å². The van der Waals surface area contributed by atoms with Crippen LogP contribution in [-0.4, -0.2) is 29.4 Å². The zero-order chi connectivity index (χ0) is 15.9. The first-order valence-electron chi connectivity index (χ1n) is 7.52. The second-order valence-corrected chi connectivity index (χ2v) is 8.93. The van der Waals surface area contributed by atoms with Gasteiger partial charge in [-0.3, -0.25) is 9.69 Å². The van der Waals surface area contributed by atoms with Crippen molar-refractivity contribution in [3.8, 4) is 0 Å². The summed E-state index contributed by atoms with van der Waals surface area (Å²) in [7, 11) is 0. The number of rotatable bonds is 0. The largest absolute Gasteiger partial charge is 0.328 e. The molecule has 1 N–H and O–H groups in total. The van der Waals surface area contributed by atoms with E-state index < -0.39 is 0 Å². The van der Waals surface area contributed by atoms with Gasteiger partial charge in [0.2, 0.25) is 5.91 Å². The predicted molar refractivity (Wildman–Crippen MR) is 85.4 cm³/mol. The Morgan fingerprint density at radius 3 is 1.70 bits per heavy atom. The van der Waals surface area contributed by atoms with Gasteiger partial charge in [-0.15, -0.1) is 0 Å². The zero-order valence-corrected chi connectivity index (χ0v) is 14.8. The standard InChI is InChI=1S/C17H32N2O/c1-15(2,3)12-10-19(17(7,8)9)11-13(20)18-14(12)16(4,5)6/h10-11H2,1-9H3,(H,18,20). The highest BCUT2D eigenvalue weighted by Gasteiger charge is 2.36. The molecule has 0 fully saturated rings. The van der Waals surface area contributed by atoms with Gasteiger partial charge in [-0.25, -0.2) is 0 Å². The van der Waals surface area contributed by atoms with E-state index in [0.29, 0.717) is 6.54 Å². The topological polar surface area (TPSA) is 32.3 Å². The van der Waals surface area contributed by atoms with E-state index in [1.165, 1.54) is 5.57 Å². The molecule has 0 aromatic carbocycles. The average molecular weight is 280 g/mol. The molecule has 0 atom stereocenters. The number of hydrogen-bond donors (Lipinski definition) is 1. The van der Waals surface area contributed by atoms with Gasteiger partial charge in [0.05, 0.1) is 6.54 Å². The van der Waals surface area contributed by atoms with Crippen LogP contribution in [-0.2, 0) is 4.79 Å². The van der Waals surface area contributed by atoms with Crippen molar-refractivity contribution in [1.29, 1.82) is 0 Å². The van der Waals surface area contributed by atoms with Crippen LogP contribution < -0.4 is 5.32 Å². The van der Waals surface area contributed by atoms with Gasteiger partial charge in [-0.05, 0) is 31.8 Å². The molecule has 1 rings (SSSR count). The van der Waals surface area contributed by atoms with Crippen LogP contribution in [0.25, 0.3) is 0 Å². The molecule has 1 amide bonds. The fourth-order valence-corrected chi connectivity index (χ4v) is 2.48. The minimum absolute atomic E-state index is 0.0127. The van der Waals surface area contributed by atoms with E-state index in [2.05, 4.69) is 72.5 Å². The average Bonchev–Trinajstić information content (AvgIpc) is 2.34. The second-order valence-electron chi connectivity index (χ2n) is 8.93. The number of hydrogen-bond acceptors (Lipinski definition) is 2. The highest BCUT2D eigenvalue weighted by atomic mass is 16.2. The van der Waals surface area contributed by atoms with Crippen molar-refractivity contribution in [2.75, 3.05) is 13.1 Å². The Labute approximate surface area is 124 Å². The van der Waals surface area contributed by atoms with Crippen LogP contribution in [0.3, 0.4) is 0 Å². The third kappa shape index (κ3) is 4.08. The summed E-state index contributed by atoms with van der Waals surface area (Å²) in [5.74, 6) is 0.101. The number of nitrogens with one attached hydrogen (secondary N) is 1. The van der Waals surface area contributed by atoms with Gasteiger partial charge in [-0.1, -0.05) is 41.5 Å². The summed E-state index contributed by atoms with van der Waals surface area (Å²) in [4.78, 5) is 14.5. The van der Waals surface area contributed by atoms with Crippen LogP contribution in [0.4, 0.5) is 0 Å². The van der Waals surface area contributed by atoms with Crippen LogP contribution in [0.2, 0.25) is 0 Å². The molecule has 3 nitrogen and oxygen atoms in total. The Morgan fingerprint density at radius 1 is 0.850 bits per heavy atom. The maximum absolute atomic E-state index is 12.3. The van der Waals surface area contributed by atoms with E-state index in [4.69, 9.17) is 0 Å². The number of carbonyl (C=O) groups is 1. The molecule has 0 bridgehead atoms. The Bertz CT molecular complexity index is 414. The Kier molecular flexibility index (Phi) is 4.46. The molecule has 0 saturated carbocycles. The van der Waals surface area contributed by atoms with Crippen molar-refractivity contribution in [2.24, 2.45) is 10.8 Å². The third-order valence-electron chi connectivity index (χ3n) is 3.85. The molecule has 0 aromatic rings. The minimum atomic E-state index is -0.0494. The van der Waals surface area contributed by atoms with Crippen molar-refractivity contribution in [1.82, 2.24) is 10.2 Å². The SMILES string of the molecule is CC(C)(C)C1=C(C(C)(C)C)NC(=O)CN(C(C)(C)C)C1. The number of allylic oxidation sites excluding steroid dienone is 1. The Morgan fingerprint density at radius 2 is 1.35 bits per heavy atom. The van der Waals surface area contributed by atoms with E-state index in [1.807, 2.05) is 0 Å². The molecule has 116 valence electrons. The normalized spacial score (nSPS) is 19.9. The lowest BCUT2D eigenvalue weighted by Crippen LogP contribution is -2.46. The highest BCUT2D eigenvalue weighted by molar-refractivity contribution is 5.81. The lowest BCUT2D eigenvalue weighted by atomic mass is 9.78. The van der Waals surface area contributed by atoms with Crippen LogP contribution >= 0.6 is 0 Å². The van der Waals surface area contributed by atoms with Crippen LogP contribution in [0.15, 0.2) is 11.3 Å². The number of amides is 1. The van der Waals surface area contributed by atoms with E-state index in [1.54, 1.807) is 0 Å². The van der Waals surface area contributed by atoms with Crippen LogP contribution in [0.1, 0.15) is 62.3 Å². The fraction of sp³-hybridized carbons (Fsp3) is 0.824. The molecule has 0 saturated heterocycles. The lowest BCUT2D eigenvalue weighted by molar-refractivity contribution is -0.122. The van der Waals surface area contributed by atoms with Crippen LogP contribution in [0, 0.1) is 10.8 Å². The molecule has 1 aliphatic heterocycles. The van der Waals surface area contributed by atoms with E-state index in [-0.39, 0.29) is 22.3 Å². The Hall–Kier alpha value is -0.830. The first-order valence-corrected chi connectivity index (χ1v) is 7.52. The van der Waals surface area contributed by atoms with Gasteiger partial charge >= 0.3 is 0 Å². The summed E-state index contributed by atoms with van der Waals surface area (Å²) in [6, 6.07) is 0. The molecule has 0 aromatic heterocycles. The third-order valence-corrected chi connectivity index (χ3v) is 3.85. The lowest BCUT2D eigenvalue weighted by Gasteiger charge is -2.38. The predicted octanol–water partition coefficient (Wildman–Crippen LogP) is 3.56. The molecule has 0 unspecified atom stereocenters. The van der Waals surface area contributed by atoms with Crippen molar-refractivity contribution < 1.29 is 4.79 Å². The first-order chi connectivity index (χ1) is 8.73. The van der Waals surface area contributed by atoms with E-state index >= 15 is 0 Å². The first kappa shape index (κ1) is 17.2. The van der Waals surface area contributed by atoms with E-state index in [9.17, 15) is 4.79 Å². The van der Waals surface area contributed by atoms with Gasteiger partial charge in [0.15, 0.2) is 0 Å². The molecular formula is C17H32N2O. The molecule has 1 heterocycles. The second kappa shape index (κ2) is 5.18. The Balaban J connectivity index is 3.38. The fourth-order valence-electron chi connectivity index (χ4n) is 2.48. The van der Waals surface area contributed by atoms with Gasteiger partial charge < -0.3 is 5.32 Å². The molecule has 0 radical (unpaired) electrons. The molecular weight excluding hydrogens is 248 g/mol. The molecule has 0 spiro atoms. The summed E-state index contributed by atoms with van der Waals surface area (Å²) in [5.41, 5.74) is 2.42. The summed E-state index contributed by atoms with van der Waals surface area (Å²) in [6.07, 6.45) is 0.